The maximum Gasteiger partial charge on any atom is 0.293 e. The van der Waals surface area contributed by atoms with Crippen LogP contribution in [-0.2, 0) is 0 Å². The summed E-state index contributed by atoms with van der Waals surface area (Å²) in [4.78, 5) is 16.3. The summed E-state index contributed by atoms with van der Waals surface area (Å²) in [6, 6.07) is 1.09. The van der Waals surface area contributed by atoms with E-state index in [1.165, 1.54) is 6.26 Å². The van der Waals surface area contributed by atoms with Gasteiger partial charge in [-0.15, -0.1) is 5.26 Å². The molecule has 0 radical (unpaired) electrons. The molecule has 1 N–H and O–H groups in total. The Morgan fingerprint density at radius 2 is 2.60 bits per heavy atom. The third kappa shape index (κ3) is 1.32. The lowest BCUT2D eigenvalue weighted by Crippen LogP contribution is -2.04. The molecule has 1 aromatic heterocycles. The van der Waals surface area contributed by atoms with Gasteiger partial charge in [0, 0.05) is 0 Å². The number of rotatable bonds is 1. The van der Waals surface area contributed by atoms with E-state index < -0.39 is 0 Å². The molecule has 0 aliphatic heterocycles. The fraction of sp³-hybridized carbons (Fsp3) is 0. The minimum Gasteiger partial charge on any atom is -0.367 e. The van der Waals surface area contributed by atoms with Gasteiger partial charge in [-0.2, -0.15) is 0 Å². The van der Waals surface area contributed by atoms with E-state index in [1.807, 2.05) is 0 Å². The highest BCUT2D eigenvalue weighted by atomic mass is 16.5. The molecule has 5 heteroatoms. The van der Waals surface area contributed by atoms with Crippen molar-refractivity contribution in [1.82, 2.24) is 9.97 Å². The maximum atomic E-state index is 10.5. The fourth-order valence-electron chi connectivity index (χ4n) is 0.453. The van der Waals surface area contributed by atoms with Crippen molar-refractivity contribution in [3.05, 3.63) is 22.7 Å². The van der Waals surface area contributed by atoms with Gasteiger partial charge in [-0.1, -0.05) is 0 Å². The average molecular weight is 137 g/mol. The van der Waals surface area contributed by atoms with Crippen molar-refractivity contribution < 1.29 is 4.74 Å². The number of nitriles is 1. The number of hydrogen-bond acceptors (Lipinski definition) is 4. The number of aromatic nitrogens is 2. The summed E-state index contributed by atoms with van der Waals surface area (Å²) in [5.74, 6) is 0.00579. The molecule has 0 bridgehead atoms. The Hall–Kier alpha value is -1.83. The van der Waals surface area contributed by atoms with Gasteiger partial charge in [0.05, 0.1) is 12.4 Å². The first-order chi connectivity index (χ1) is 4.83. The second kappa shape index (κ2) is 2.64. The zero-order chi connectivity index (χ0) is 7.40. The predicted molar refractivity (Wildman–Crippen MR) is 31.1 cm³/mol. The minimum atomic E-state index is -0.347. The normalized spacial score (nSPS) is 8.30. The molecule has 1 heterocycles. The van der Waals surface area contributed by atoms with Gasteiger partial charge < -0.3 is 9.72 Å². The van der Waals surface area contributed by atoms with Crippen molar-refractivity contribution in [3.63, 3.8) is 0 Å². The summed E-state index contributed by atoms with van der Waals surface area (Å²) in [5.41, 5.74) is -0.347. The Morgan fingerprint density at radius 1 is 1.80 bits per heavy atom. The van der Waals surface area contributed by atoms with Crippen molar-refractivity contribution in [1.29, 1.82) is 5.26 Å². The van der Waals surface area contributed by atoms with Crippen molar-refractivity contribution >= 4 is 0 Å². The van der Waals surface area contributed by atoms with Gasteiger partial charge in [0.25, 0.3) is 11.8 Å². The molecule has 50 valence electrons. The van der Waals surface area contributed by atoms with Crippen LogP contribution in [0.1, 0.15) is 0 Å². The molecule has 0 saturated heterocycles. The topological polar surface area (TPSA) is 78.8 Å². The van der Waals surface area contributed by atoms with Gasteiger partial charge in [0.1, 0.15) is 0 Å². The standard InChI is InChI=1S/C5H3N3O2/c6-2-10-5-1-4(9)7-3-8-5/h1,3H,(H,7,8,9). The first-order valence-electron chi connectivity index (χ1n) is 2.43. The van der Waals surface area contributed by atoms with Crippen LogP contribution in [0.4, 0.5) is 0 Å². The second-order valence-corrected chi connectivity index (χ2v) is 1.44. The summed E-state index contributed by atoms with van der Waals surface area (Å²) in [6.45, 7) is 0. The molecule has 0 aliphatic rings. The highest BCUT2D eigenvalue weighted by Crippen LogP contribution is 1.95. The molecule has 5 nitrogen and oxygen atoms in total. The fourth-order valence-corrected chi connectivity index (χ4v) is 0.453. The lowest BCUT2D eigenvalue weighted by atomic mass is 10.6. The van der Waals surface area contributed by atoms with Gasteiger partial charge in [-0.3, -0.25) is 4.79 Å². The van der Waals surface area contributed by atoms with E-state index in [1.54, 1.807) is 0 Å². The van der Waals surface area contributed by atoms with Gasteiger partial charge in [0.15, 0.2) is 0 Å². The van der Waals surface area contributed by atoms with E-state index in [4.69, 9.17) is 5.26 Å². The quantitative estimate of drug-likeness (QED) is 0.535. The van der Waals surface area contributed by atoms with E-state index in [0.717, 1.165) is 12.4 Å². The molecule has 0 saturated carbocycles. The van der Waals surface area contributed by atoms with E-state index in [2.05, 4.69) is 14.7 Å². The van der Waals surface area contributed by atoms with Gasteiger partial charge >= 0.3 is 0 Å². The van der Waals surface area contributed by atoms with E-state index in [0.29, 0.717) is 0 Å². The molecule has 0 amide bonds. The Labute approximate surface area is 55.9 Å². The number of H-pyrrole nitrogens is 1. The van der Waals surface area contributed by atoms with Crippen LogP contribution >= 0.6 is 0 Å². The Balaban J connectivity index is 2.98. The Kier molecular flexibility index (Phi) is 1.66. The molecule has 1 rings (SSSR count). The Morgan fingerprint density at radius 3 is 3.20 bits per heavy atom. The minimum absolute atomic E-state index is 0.00579. The number of nitrogens with zero attached hydrogens (tertiary/aromatic N) is 2. The Bertz CT molecular complexity index is 311. The number of hydrogen-bond donors (Lipinski definition) is 1. The van der Waals surface area contributed by atoms with Crippen molar-refractivity contribution in [2.75, 3.05) is 0 Å². The molecule has 0 aromatic carbocycles. The summed E-state index contributed by atoms with van der Waals surface area (Å²) in [6.07, 6.45) is 2.56. The second-order valence-electron chi connectivity index (χ2n) is 1.44. The molecule has 0 spiro atoms. The van der Waals surface area contributed by atoms with Gasteiger partial charge in [-0.25, -0.2) is 4.98 Å². The molecular formula is C5H3N3O2. The molecular weight excluding hydrogens is 134 g/mol. The summed E-state index contributed by atoms with van der Waals surface area (Å²) < 4.78 is 4.26. The van der Waals surface area contributed by atoms with Gasteiger partial charge in [-0.05, 0) is 0 Å². The number of nitrogens with one attached hydrogen (secondary N) is 1. The molecule has 0 atom stereocenters. The summed E-state index contributed by atoms with van der Waals surface area (Å²) in [5, 5.41) is 7.99. The van der Waals surface area contributed by atoms with Gasteiger partial charge in [0.2, 0.25) is 5.88 Å². The number of ether oxygens (including phenoxy) is 1. The van der Waals surface area contributed by atoms with Crippen LogP contribution in [0.2, 0.25) is 0 Å². The van der Waals surface area contributed by atoms with Crippen LogP contribution in [-0.4, -0.2) is 9.97 Å². The van der Waals surface area contributed by atoms with Crippen molar-refractivity contribution in [3.8, 4) is 12.1 Å². The zero-order valence-corrected chi connectivity index (χ0v) is 4.87. The summed E-state index contributed by atoms with van der Waals surface area (Å²) >= 11 is 0. The van der Waals surface area contributed by atoms with Crippen LogP contribution in [0.15, 0.2) is 17.2 Å². The first-order valence-corrected chi connectivity index (χ1v) is 2.43. The van der Waals surface area contributed by atoms with Crippen LogP contribution < -0.4 is 10.3 Å². The molecule has 0 aliphatic carbocycles. The lowest BCUT2D eigenvalue weighted by Gasteiger charge is -1.88. The van der Waals surface area contributed by atoms with E-state index in [-0.39, 0.29) is 11.4 Å². The smallest absolute Gasteiger partial charge is 0.293 e. The SMILES string of the molecule is N#COc1cc(=O)[nH]cn1. The largest absolute Gasteiger partial charge is 0.367 e. The van der Waals surface area contributed by atoms with Crippen LogP contribution in [0, 0.1) is 11.5 Å². The van der Waals surface area contributed by atoms with Crippen LogP contribution in [0.5, 0.6) is 5.88 Å². The third-order valence-corrected chi connectivity index (χ3v) is 0.803. The maximum absolute atomic E-state index is 10.5. The van der Waals surface area contributed by atoms with Crippen LogP contribution in [0.3, 0.4) is 0 Å². The van der Waals surface area contributed by atoms with Crippen molar-refractivity contribution in [2.24, 2.45) is 0 Å². The lowest BCUT2D eigenvalue weighted by molar-refractivity contribution is 0.483. The summed E-state index contributed by atoms with van der Waals surface area (Å²) in [7, 11) is 0. The van der Waals surface area contributed by atoms with E-state index >= 15 is 0 Å². The first kappa shape index (κ1) is 6.29. The molecule has 10 heavy (non-hydrogen) atoms. The third-order valence-electron chi connectivity index (χ3n) is 0.803. The molecule has 0 fully saturated rings. The predicted octanol–water partition coefficient (Wildman–Crippen LogP) is -0.370. The van der Waals surface area contributed by atoms with Crippen LogP contribution in [0.25, 0.3) is 0 Å². The molecule has 1 aromatic rings. The average Bonchev–Trinajstić information content (AvgIpc) is 1.88. The monoisotopic (exact) mass is 137 g/mol. The van der Waals surface area contributed by atoms with E-state index in [9.17, 15) is 4.79 Å². The highest BCUT2D eigenvalue weighted by molar-refractivity contribution is 5.06. The highest BCUT2D eigenvalue weighted by Gasteiger charge is 1.92. The van der Waals surface area contributed by atoms with Crippen molar-refractivity contribution in [2.45, 2.75) is 0 Å². The zero-order valence-electron chi connectivity index (χ0n) is 4.87. The number of aromatic amines is 1. The molecule has 0 unspecified atom stereocenters.